The fourth-order valence-corrected chi connectivity index (χ4v) is 3.07. The van der Waals surface area contributed by atoms with E-state index >= 15 is 0 Å². The van der Waals surface area contributed by atoms with Gasteiger partial charge in [0.2, 0.25) is 5.91 Å². The Morgan fingerprint density at radius 2 is 1.79 bits per heavy atom. The Morgan fingerprint density at radius 3 is 2.39 bits per heavy atom. The lowest BCUT2D eigenvalue weighted by Gasteiger charge is -2.29. The second-order valence-corrected chi connectivity index (χ2v) is 6.71. The number of hydrogen-bond acceptors (Lipinski definition) is 2. The van der Waals surface area contributed by atoms with Gasteiger partial charge in [0.25, 0.3) is 0 Å². The Hall–Kier alpha value is -3.49. The first-order chi connectivity index (χ1) is 13.4. The molecule has 1 unspecified atom stereocenters. The number of halogens is 1. The fourth-order valence-electron chi connectivity index (χ4n) is 3.07. The number of rotatable bonds is 5. The fraction of sp³-hybridized carbons (Fsp3) is 0.130. The monoisotopic (exact) mass is 373 g/mol. The summed E-state index contributed by atoms with van der Waals surface area (Å²) in [6, 6.07) is 20.2. The average molecular weight is 373 g/mol. The minimum atomic E-state index is -1.34. The van der Waals surface area contributed by atoms with E-state index in [1.54, 1.807) is 42.5 Å². The number of carbonyl (C=O) groups is 1. The molecular weight excluding hydrogens is 353 g/mol. The molecule has 4 nitrogen and oxygen atoms in total. The van der Waals surface area contributed by atoms with Gasteiger partial charge < -0.3 is 11.1 Å². The lowest BCUT2D eigenvalue weighted by molar-refractivity contribution is -0.121. The van der Waals surface area contributed by atoms with Crippen LogP contribution in [0.15, 0.2) is 72.8 Å². The molecule has 0 heterocycles. The van der Waals surface area contributed by atoms with Crippen LogP contribution in [0.25, 0.3) is 4.85 Å². The highest BCUT2D eigenvalue weighted by atomic mass is 19.1. The van der Waals surface area contributed by atoms with Crippen LogP contribution in [0.1, 0.15) is 16.7 Å². The van der Waals surface area contributed by atoms with Crippen molar-refractivity contribution in [2.75, 3.05) is 5.32 Å². The molecule has 0 aromatic heterocycles. The van der Waals surface area contributed by atoms with E-state index in [0.717, 1.165) is 11.1 Å². The van der Waals surface area contributed by atoms with Gasteiger partial charge in [0.15, 0.2) is 5.69 Å². The van der Waals surface area contributed by atoms with Crippen LogP contribution in [0.3, 0.4) is 0 Å². The maximum absolute atomic E-state index is 13.3. The van der Waals surface area contributed by atoms with E-state index in [4.69, 9.17) is 12.3 Å². The normalized spacial score (nSPS) is 12.6. The number of nitrogens with zero attached hydrogens (tertiary/aromatic N) is 1. The number of nitrogens with one attached hydrogen (secondary N) is 1. The molecule has 0 aliphatic heterocycles. The highest BCUT2D eigenvalue weighted by Crippen LogP contribution is 2.27. The Balaban J connectivity index is 1.94. The van der Waals surface area contributed by atoms with Crippen molar-refractivity contribution in [2.24, 2.45) is 5.73 Å². The summed E-state index contributed by atoms with van der Waals surface area (Å²) in [6.45, 7) is 8.95. The molecule has 0 spiro atoms. The third kappa shape index (κ3) is 4.08. The predicted octanol–water partition coefficient (Wildman–Crippen LogP) is 4.72. The van der Waals surface area contributed by atoms with Crippen LogP contribution >= 0.6 is 0 Å². The molecule has 3 N–H and O–H groups in total. The van der Waals surface area contributed by atoms with Crippen LogP contribution < -0.4 is 11.1 Å². The van der Waals surface area contributed by atoms with Crippen molar-refractivity contribution in [1.82, 2.24) is 0 Å². The Kier molecular flexibility index (Phi) is 5.53. The number of hydrogen-bond donors (Lipinski definition) is 2. The Labute approximate surface area is 163 Å². The van der Waals surface area contributed by atoms with Crippen LogP contribution in [0.2, 0.25) is 0 Å². The molecule has 0 aliphatic carbocycles. The number of benzene rings is 3. The zero-order valence-corrected chi connectivity index (χ0v) is 15.4. The molecule has 1 atom stereocenters. The van der Waals surface area contributed by atoms with Crippen molar-refractivity contribution in [2.45, 2.75) is 18.9 Å². The molecule has 28 heavy (non-hydrogen) atoms. The minimum absolute atomic E-state index is 0.211. The van der Waals surface area contributed by atoms with Gasteiger partial charge in [-0.15, -0.1) is 0 Å². The third-order valence-corrected chi connectivity index (χ3v) is 4.67. The number of aryl methyl sites for hydroxylation is 1. The topological polar surface area (TPSA) is 59.5 Å². The second kappa shape index (κ2) is 8.03. The first kappa shape index (κ1) is 19.3. The zero-order valence-electron chi connectivity index (χ0n) is 15.4. The smallest absolute Gasteiger partial charge is 0.249 e. The molecule has 0 saturated carbocycles. The minimum Gasteiger partial charge on any atom is -0.324 e. The van der Waals surface area contributed by atoms with Crippen molar-refractivity contribution in [3.05, 3.63) is 107 Å². The molecule has 3 aromatic rings. The maximum Gasteiger partial charge on any atom is 0.249 e. The molecule has 3 rings (SSSR count). The van der Waals surface area contributed by atoms with Crippen molar-refractivity contribution >= 4 is 17.3 Å². The largest absolute Gasteiger partial charge is 0.324 e. The lowest BCUT2D eigenvalue weighted by atomic mass is 9.83. The van der Waals surface area contributed by atoms with E-state index in [1.807, 2.05) is 25.1 Å². The number of carbonyl (C=O) groups excluding carboxylic acids is 1. The summed E-state index contributed by atoms with van der Waals surface area (Å²) in [4.78, 5) is 16.6. The summed E-state index contributed by atoms with van der Waals surface area (Å²) in [6.07, 6.45) is 0.211. The molecule has 5 heteroatoms. The van der Waals surface area contributed by atoms with Crippen molar-refractivity contribution in [3.8, 4) is 0 Å². The van der Waals surface area contributed by atoms with Gasteiger partial charge in [0.05, 0.1) is 6.57 Å². The summed E-state index contributed by atoms with van der Waals surface area (Å²) < 4.78 is 13.3. The van der Waals surface area contributed by atoms with Gasteiger partial charge in [-0.2, -0.15) is 0 Å². The standard InChI is InChI=1S/C23H20FN3O/c1-16-14-20(12-13-21(16)26-2)27-22(28)23(25,18-6-4-3-5-7-18)15-17-8-10-19(24)11-9-17/h3-14H,15,25H2,1H3,(H,27,28). The van der Waals surface area contributed by atoms with Crippen LogP contribution in [0.5, 0.6) is 0 Å². The Bertz CT molecular complexity index is 1030. The molecule has 0 fully saturated rings. The molecule has 0 saturated heterocycles. The summed E-state index contributed by atoms with van der Waals surface area (Å²) in [5.41, 5.74) is 8.56. The quantitative estimate of drug-likeness (QED) is 0.636. The zero-order chi connectivity index (χ0) is 20.1. The van der Waals surface area contributed by atoms with Crippen LogP contribution in [0.4, 0.5) is 15.8 Å². The molecular formula is C23H20FN3O. The summed E-state index contributed by atoms with van der Waals surface area (Å²) in [5, 5.41) is 2.86. The van der Waals surface area contributed by atoms with E-state index in [9.17, 15) is 9.18 Å². The number of nitrogens with two attached hydrogens (primary N) is 1. The van der Waals surface area contributed by atoms with E-state index in [2.05, 4.69) is 10.2 Å². The van der Waals surface area contributed by atoms with Crippen molar-refractivity contribution in [3.63, 3.8) is 0 Å². The van der Waals surface area contributed by atoms with E-state index < -0.39 is 5.54 Å². The van der Waals surface area contributed by atoms with Crippen LogP contribution in [0, 0.1) is 19.3 Å². The van der Waals surface area contributed by atoms with Crippen LogP contribution in [-0.4, -0.2) is 5.91 Å². The van der Waals surface area contributed by atoms with E-state index in [-0.39, 0.29) is 18.1 Å². The SMILES string of the molecule is [C-]#[N+]c1ccc(NC(=O)C(N)(Cc2ccc(F)cc2)c2ccccc2)cc1C. The summed E-state index contributed by atoms with van der Waals surface area (Å²) in [7, 11) is 0. The van der Waals surface area contributed by atoms with E-state index in [0.29, 0.717) is 16.9 Å². The van der Waals surface area contributed by atoms with Crippen LogP contribution in [-0.2, 0) is 16.8 Å². The highest BCUT2D eigenvalue weighted by Gasteiger charge is 2.36. The maximum atomic E-state index is 13.3. The molecule has 1 amide bonds. The van der Waals surface area contributed by atoms with Crippen molar-refractivity contribution in [1.29, 1.82) is 0 Å². The van der Waals surface area contributed by atoms with Gasteiger partial charge in [0, 0.05) is 12.1 Å². The van der Waals surface area contributed by atoms with Gasteiger partial charge in [-0.05, 0) is 47.9 Å². The average Bonchev–Trinajstić information content (AvgIpc) is 2.70. The lowest BCUT2D eigenvalue weighted by Crippen LogP contribution is -2.50. The molecule has 140 valence electrons. The van der Waals surface area contributed by atoms with Gasteiger partial charge >= 0.3 is 0 Å². The summed E-state index contributed by atoms with van der Waals surface area (Å²) >= 11 is 0. The van der Waals surface area contributed by atoms with E-state index in [1.165, 1.54) is 12.1 Å². The van der Waals surface area contributed by atoms with Gasteiger partial charge in [-0.25, -0.2) is 9.24 Å². The molecule has 0 radical (unpaired) electrons. The molecule has 0 bridgehead atoms. The van der Waals surface area contributed by atoms with Gasteiger partial charge in [-0.3, -0.25) is 4.79 Å². The Morgan fingerprint density at radius 1 is 1.11 bits per heavy atom. The second-order valence-electron chi connectivity index (χ2n) is 6.71. The third-order valence-electron chi connectivity index (χ3n) is 4.67. The first-order valence-electron chi connectivity index (χ1n) is 8.81. The van der Waals surface area contributed by atoms with Crippen molar-refractivity contribution < 1.29 is 9.18 Å². The first-order valence-corrected chi connectivity index (χ1v) is 8.81. The number of anilines is 1. The predicted molar refractivity (Wildman–Crippen MR) is 108 cm³/mol. The molecule has 0 aliphatic rings. The number of amides is 1. The van der Waals surface area contributed by atoms with Gasteiger partial charge in [0.1, 0.15) is 11.4 Å². The highest BCUT2D eigenvalue weighted by molar-refractivity contribution is 5.99. The summed E-state index contributed by atoms with van der Waals surface area (Å²) in [5.74, 6) is -0.719. The van der Waals surface area contributed by atoms with Gasteiger partial charge in [-0.1, -0.05) is 48.5 Å². The molecule has 3 aromatic carbocycles.